The lowest BCUT2D eigenvalue weighted by atomic mass is 10.1. The lowest BCUT2D eigenvalue weighted by molar-refractivity contribution is 0.0750. The Balaban J connectivity index is 0.00000104. The van der Waals surface area contributed by atoms with E-state index in [0.29, 0.717) is 22.7 Å². The molecule has 2 aliphatic rings. The smallest absolute Gasteiger partial charge is 0.256 e. The lowest BCUT2D eigenvalue weighted by Crippen LogP contribution is -2.39. The number of amides is 1. The standard InChI is InChI=1S/C17H18ClN3O.2ClH/c18-12-8-11-2-1-6-19-16(11)15(9-12)17(22)21-7-5-13-3-4-14(10-21)20-13;;/h1-2,6,8-9,13-14,20H,3-5,7,10H2;2*1H. The summed E-state index contributed by atoms with van der Waals surface area (Å²) in [5.41, 5.74) is 1.35. The number of pyridine rings is 1. The van der Waals surface area contributed by atoms with E-state index in [4.69, 9.17) is 11.6 Å². The second-order valence-corrected chi connectivity index (χ2v) is 6.64. The van der Waals surface area contributed by atoms with Gasteiger partial charge in [-0.25, -0.2) is 0 Å². The number of nitrogens with one attached hydrogen (secondary N) is 1. The van der Waals surface area contributed by atoms with Crippen LogP contribution in [0.5, 0.6) is 0 Å². The van der Waals surface area contributed by atoms with E-state index in [-0.39, 0.29) is 30.7 Å². The Kier molecular flexibility index (Phi) is 6.32. The molecule has 4 nitrogen and oxygen atoms in total. The van der Waals surface area contributed by atoms with Crippen molar-refractivity contribution in [3.05, 3.63) is 41.0 Å². The minimum atomic E-state index is 0. The third-order valence-corrected chi connectivity index (χ3v) is 4.93. The van der Waals surface area contributed by atoms with E-state index < -0.39 is 0 Å². The molecule has 0 saturated carbocycles. The van der Waals surface area contributed by atoms with Crippen molar-refractivity contribution in [2.75, 3.05) is 13.1 Å². The zero-order chi connectivity index (χ0) is 15.1. The van der Waals surface area contributed by atoms with Gasteiger partial charge in [0, 0.05) is 41.8 Å². The number of nitrogens with zero attached hydrogens (tertiary/aromatic N) is 2. The Morgan fingerprint density at radius 2 is 2.00 bits per heavy atom. The fraction of sp³-hybridized carbons (Fsp3) is 0.412. The highest BCUT2D eigenvalue weighted by molar-refractivity contribution is 6.32. The van der Waals surface area contributed by atoms with Gasteiger partial charge in [-0.2, -0.15) is 0 Å². The molecule has 1 N–H and O–H groups in total. The van der Waals surface area contributed by atoms with Gasteiger partial charge in [-0.1, -0.05) is 17.7 Å². The van der Waals surface area contributed by atoms with E-state index in [1.54, 1.807) is 12.3 Å². The number of hydrogen-bond acceptors (Lipinski definition) is 3. The number of likely N-dealkylation sites (tertiary alicyclic amines) is 1. The summed E-state index contributed by atoms with van der Waals surface area (Å²) in [7, 11) is 0. The van der Waals surface area contributed by atoms with E-state index in [1.807, 2.05) is 23.1 Å². The fourth-order valence-corrected chi connectivity index (χ4v) is 3.84. The summed E-state index contributed by atoms with van der Waals surface area (Å²) >= 11 is 6.19. The van der Waals surface area contributed by atoms with Crippen molar-refractivity contribution < 1.29 is 4.79 Å². The molecule has 7 heteroatoms. The normalized spacial score (nSPS) is 22.5. The van der Waals surface area contributed by atoms with Gasteiger partial charge >= 0.3 is 0 Å². The zero-order valence-electron chi connectivity index (χ0n) is 13.1. The topological polar surface area (TPSA) is 45.2 Å². The van der Waals surface area contributed by atoms with Gasteiger partial charge in [0.1, 0.15) is 0 Å². The zero-order valence-corrected chi connectivity index (χ0v) is 15.5. The van der Waals surface area contributed by atoms with Gasteiger partial charge < -0.3 is 10.2 Å². The highest BCUT2D eigenvalue weighted by Crippen LogP contribution is 2.26. The summed E-state index contributed by atoms with van der Waals surface area (Å²) in [6.07, 6.45) is 5.13. The van der Waals surface area contributed by atoms with Crippen LogP contribution in [0.25, 0.3) is 10.9 Å². The van der Waals surface area contributed by atoms with E-state index in [1.165, 1.54) is 6.42 Å². The Morgan fingerprint density at radius 3 is 2.83 bits per heavy atom. The number of aromatic nitrogens is 1. The van der Waals surface area contributed by atoms with Crippen molar-refractivity contribution in [3.8, 4) is 0 Å². The van der Waals surface area contributed by atoms with Crippen LogP contribution in [-0.4, -0.2) is 41.0 Å². The maximum atomic E-state index is 13.0. The molecule has 1 aromatic heterocycles. The van der Waals surface area contributed by atoms with Crippen molar-refractivity contribution in [2.24, 2.45) is 0 Å². The number of benzene rings is 1. The van der Waals surface area contributed by atoms with E-state index in [0.717, 1.165) is 36.8 Å². The molecule has 24 heavy (non-hydrogen) atoms. The first kappa shape index (κ1) is 19.3. The van der Waals surface area contributed by atoms with Crippen molar-refractivity contribution in [1.82, 2.24) is 15.2 Å². The molecular weight excluding hydrogens is 369 g/mol. The predicted molar refractivity (Wildman–Crippen MR) is 102 cm³/mol. The summed E-state index contributed by atoms with van der Waals surface area (Å²) in [5, 5.41) is 5.09. The Morgan fingerprint density at radius 1 is 1.21 bits per heavy atom. The molecule has 2 unspecified atom stereocenters. The van der Waals surface area contributed by atoms with Crippen LogP contribution in [0.3, 0.4) is 0 Å². The first-order chi connectivity index (χ1) is 10.7. The summed E-state index contributed by atoms with van der Waals surface area (Å²) < 4.78 is 0. The minimum Gasteiger partial charge on any atom is -0.337 e. The van der Waals surface area contributed by atoms with Crippen molar-refractivity contribution in [1.29, 1.82) is 0 Å². The van der Waals surface area contributed by atoms with Gasteiger partial charge in [-0.05, 0) is 37.5 Å². The molecule has 0 aliphatic carbocycles. The van der Waals surface area contributed by atoms with Crippen LogP contribution in [0.1, 0.15) is 29.6 Å². The number of halogens is 3. The summed E-state index contributed by atoms with van der Waals surface area (Å²) in [4.78, 5) is 19.3. The van der Waals surface area contributed by atoms with Crippen molar-refractivity contribution in [3.63, 3.8) is 0 Å². The fourth-order valence-electron chi connectivity index (χ4n) is 3.62. The van der Waals surface area contributed by atoms with E-state index in [9.17, 15) is 4.79 Å². The molecule has 2 fully saturated rings. The highest BCUT2D eigenvalue weighted by atomic mass is 35.5. The maximum absolute atomic E-state index is 13.0. The molecule has 0 radical (unpaired) electrons. The first-order valence-electron chi connectivity index (χ1n) is 7.80. The van der Waals surface area contributed by atoms with Crippen LogP contribution in [0.2, 0.25) is 5.02 Å². The average Bonchev–Trinajstić information content (AvgIpc) is 2.85. The second kappa shape index (κ2) is 7.87. The SMILES string of the molecule is Cl.Cl.O=C(c1cc(Cl)cc2cccnc12)N1CCC2CCC(C1)N2. The number of carbonyl (C=O) groups is 1. The van der Waals surface area contributed by atoms with Gasteiger partial charge in [0.25, 0.3) is 5.91 Å². The summed E-state index contributed by atoms with van der Waals surface area (Å²) in [5.74, 6) is 0.0422. The van der Waals surface area contributed by atoms with Crippen molar-refractivity contribution in [2.45, 2.75) is 31.3 Å². The Bertz CT molecular complexity index is 740. The van der Waals surface area contributed by atoms with Gasteiger partial charge in [-0.15, -0.1) is 24.8 Å². The molecule has 0 spiro atoms. The molecule has 1 aromatic carbocycles. The first-order valence-corrected chi connectivity index (χ1v) is 8.18. The largest absolute Gasteiger partial charge is 0.337 e. The second-order valence-electron chi connectivity index (χ2n) is 6.21. The summed E-state index contributed by atoms with van der Waals surface area (Å²) in [6, 6.07) is 8.40. The number of fused-ring (bicyclic) bond motifs is 3. The van der Waals surface area contributed by atoms with Crippen LogP contribution in [0.4, 0.5) is 0 Å². The van der Waals surface area contributed by atoms with Crippen molar-refractivity contribution >= 4 is 53.2 Å². The predicted octanol–water partition coefficient (Wildman–Crippen LogP) is 3.70. The van der Waals surface area contributed by atoms with Gasteiger partial charge in [0.15, 0.2) is 0 Å². The molecule has 130 valence electrons. The molecule has 2 bridgehead atoms. The quantitative estimate of drug-likeness (QED) is 0.810. The van der Waals surface area contributed by atoms with Crippen LogP contribution in [0.15, 0.2) is 30.5 Å². The van der Waals surface area contributed by atoms with Gasteiger partial charge in [0.2, 0.25) is 0 Å². The molecule has 3 heterocycles. The van der Waals surface area contributed by atoms with Crippen LogP contribution in [-0.2, 0) is 0 Å². The molecule has 4 rings (SSSR count). The third kappa shape index (κ3) is 3.62. The molecule has 2 aromatic rings. The van der Waals surface area contributed by atoms with Crippen LogP contribution < -0.4 is 5.32 Å². The van der Waals surface area contributed by atoms with Crippen LogP contribution in [0, 0.1) is 0 Å². The number of hydrogen-bond donors (Lipinski definition) is 1. The minimum absolute atomic E-state index is 0. The van der Waals surface area contributed by atoms with Gasteiger partial charge in [0.05, 0.1) is 11.1 Å². The summed E-state index contributed by atoms with van der Waals surface area (Å²) in [6.45, 7) is 1.57. The van der Waals surface area contributed by atoms with Crippen LogP contribution >= 0.6 is 36.4 Å². The molecule has 2 saturated heterocycles. The lowest BCUT2D eigenvalue weighted by Gasteiger charge is -2.24. The number of rotatable bonds is 1. The Labute approximate surface area is 158 Å². The highest BCUT2D eigenvalue weighted by Gasteiger charge is 2.32. The van der Waals surface area contributed by atoms with E-state index in [2.05, 4.69) is 10.3 Å². The number of carbonyl (C=O) groups excluding carboxylic acids is 1. The maximum Gasteiger partial charge on any atom is 0.256 e. The molecule has 2 atom stereocenters. The molecular formula is C17H20Cl3N3O. The molecule has 2 aliphatic heterocycles. The third-order valence-electron chi connectivity index (χ3n) is 4.71. The average molecular weight is 389 g/mol. The molecule has 1 amide bonds. The van der Waals surface area contributed by atoms with Gasteiger partial charge in [-0.3, -0.25) is 9.78 Å². The van der Waals surface area contributed by atoms with E-state index >= 15 is 0 Å². The monoisotopic (exact) mass is 387 g/mol. The Hall–Kier alpha value is -1.07.